The monoisotopic (exact) mass is 216 g/mol. The molecule has 0 bridgehead atoms. The van der Waals surface area contributed by atoms with E-state index < -0.39 is 0 Å². The third-order valence-electron chi connectivity index (χ3n) is 3.29. The zero-order valence-electron chi connectivity index (χ0n) is 8.29. The van der Waals surface area contributed by atoms with Crippen molar-refractivity contribution in [2.24, 2.45) is 5.73 Å². The normalized spacial score (nSPS) is 39.1. The molecule has 1 saturated heterocycles. The highest BCUT2D eigenvalue weighted by atomic mass is 35.5. The highest BCUT2D eigenvalue weighted by molar-refractivity contribution is 6.22. The lowest BCUT2D eigenvalue weighted by atomic mass is 9.90. The van der Waals surface area contributed by atoms with E-state index >= 15 is 0 Å². The molecule has 1 unspecified atom stereocenters. The standard InChI is InChI=1S/C10H17ClN2O/c11-7-5-10(14)13(6-7)9-4-2-1-3-8(9)12/h7-9H,1-6,12H2/t7?,8-,9+/m1/s1. The molecule has 2 rings (SSSR count). The molecular weight excluding hydrogens is 200 g/mol. The number of carbonyl (C=O) groups excluding carboxylic acids is 1. The summed E-state index contributed by atoms with van der Waals surface area (Å²) in [5.41, 5.74) is 6.03. The Morgan fingerprint density at radius 2 is 2.07 bits per heavy atom. The number of likely N-dealkylation sites (tertiary alicyclic amines) is 1. The smallest absolute Gasteiger partial charge is 0.224 e. The van der Waals surface area contributed by atoms with Gasteiger partial charge in [-0.3, -0.25) is 4.79 Å². The molecule has 1 amide bonds. The number of halogens is 1. The summed E-state index contributed by atoms with van der Waals surface area (Å²) < 4.78 is 0. The number of carbonyl (C=O) groups is 1. The maximum Gasteiger partial charge on any atom is 0.224 e. The van der Waals surface area contributed by atoms with E-state index in [1.54, 1.807) is 0 Å². The van der Waals surface area contributed by atoms with E-state index in [1.807, 2.05) is 4.90 Å². The van der Waals surface area contributed by atoms with Gasteiger partial charge in [-0.15, -0.1) is 11.6 Å². The first-order valence-corrected chi connectivity index (χ1v) is 5.81. The van der Waals surface area contributed by atoms with Gasteiger partial charge in [-0.2, -0.15) is 0 Å². The van der Waals surface area contributed by atoms with Crippen LogP contribution in [-0.2, 0) is 4.79 Å². The molecule has 4 heteroatoms. The van der Waals surface area contributed by atoms with E-state index in [4.69, 9.17) is 17.3 Å². The van der Waals surface area contributed by atoms with Gasteiger partial charge in [0.15, 0.2) is 0 Å². The van der Waals surface area contributed by atoms with Crippen LogP contribution in [0.25, 0.3) is 0 Å². The predicted octanol–water partition coefficient (Wildman–Crippen LogP) is 1.10. The quantitative estimate of drug-likeness (QED) is 0.668. The summed E-state index contributed by atoms with van der Waals surface area (Å²) in [6, 6.07) is 0.412. The molecule has 2 N–H and O–H groups in total. The Hall–Kier alpha value is -0.280. The van der Waals surface area contributed by atoms with Crippen LogP contribution in [0.2, 0.25) is 0 Å². The lowest BCUT2D eigenvalue weighted by Crippen LogP contribution is -2.50. The van der Waals surface area contributed by atoms with Gasteiger partial charge in [0.25, 0.3) is 0 Å². The molecule has 1 saturated carbocycles. The number of nitrogens with zero attached hydrogens (tertiary/aromatic N) is 1. The molecule has 2 fully saturated rings. The van der Waals surface area contributed by atoms with Gasteiger partial charge in [0.1, 0.15) is 0 Å². The van der Waals surface area contributed by atoms with Crippen molar-refractivity contribution < 1.29 is 4.79 Å². The molecule has 80 valence electrons. The van der Waals surface area contributed by atoms with Crippen LogP contribution < -0.4 is 5.73 Å². The summed E-state index contributed by atoms with van der Waals surface area (Å²) in [6.07, 6.45) is 4.97. The SMILES string of the molecule is N[C@@H]1CCCC[C@@H]1N1CC(Cl)CC1=O. The minimum absolute atomic E-state index is 0.00312. The van der Waals surface area contributed by atoms with Crippen LogP contribution in [0.4, 0.5) is 0 Å². The Balaban J connectivity index is 2.02. The van der Waals surface area contributed by atoms with E-state index in [-0.39, 0.29) is 23.4 Å². The van der Waals surface area contributed by atoms with Gasteiger partial charge in [-0.05, 0) is 12.8 Å². The van der Waals surface area contributed by atoms with Gasteiger partial charge in [0.2, 0.25) is 5.91 Å². The number of nitrogens with two attached hydrogens (primary N) is 1. The highest BCUT2D eigenvalue weighted by Crippen LogP contribution is 2.27. The van der Waals surface area contributed by atoms with Crippen molar-refractivity contribution in [3.63, 3.8) is 0 Å². The second kappa shape index (κ2) is 4.07. The molecule has 0 aromatic rings. The van der Waals surface area contributed by atoms with E-state index in [9.17, 15) is 4.79 Å². The fourth-order valence-corrected chi connectivity index (χ4v) is 2.81. The third-order valence-corrected chi connectivity index (χ3v) is 3.59. The Morgan fingerprint density at radius 1 is 1.36 bits per heavy atom. The largest absolute Gasteiger partial charge is 0.337 e. The molecule has 0 aromatic carbocycles. The van der Waals surface area contributed by atoms with Crippen LogP contribution >= 0.6 is 11.6 Å². The Morgan fingerprint density at radius 3 is 2.64 bits per heavy atom. The van der Waals surface area contributed by atoms with Gasteiger partial charge in [-0.25, -0.2) is 0 Å². The molecule has 1 aliphatic carbocycles. The summed E-state index contributed by atoms with van der Waals surface area (Å²) in [5, 5.41) is -0.00312. The second-order valence-corrected chi connectivity index (χ2v) is 4.98. The van der Waals surface area contributed by atoms with Crippen LogP contribution in [0.5, 0.6) is 0 Å². The Labute approximate surface area is 89.6 Å². The van der Waals surface area contributed by atoms with E-state index in [2.05, 4.69) is 0 Å². The van der Waals surface area contributed by atoms with Crippen molar-refractivity contribution >= 4 is 17.5 Å². The lowest BCUT2D eigenvalue weighted by molar-refractivity contribution is -0.130. The van der Waals surface area contributed by atoms with Crippen molar-refractivity contribution in [3.8, 4) is 0 Å². The molecule has 2 aliphatic rings. The second-order valence-electron chi connectivity index (χ2n) is 4.36. The van der Waals surface area contributed by atoms with Crippen LogP contribution in [-0.4, -0.2) is 34.8 Å². The van der Waals surface area contributed by atoms with Crippen LogP contribution in [0, 0.1) is 0 Å². The maximum atomic E-state index is 11.6. The lowest BCUT2D eigenvalue weighted by Gasteiger charge is -2.35. The zero-order chi connectivity index (χ0) is 10.1. The Kier molecular flexibility index (Phi) is 2.98. The summed E-state index contributed by atoms with van der Waals surface area (Å²) >= 11 is 5.97. The van der Waals surface area contributed by atoms with Gasteiger partial charge in [-0.1, -0.05) is 12.8 Å². The number of amides is 1. The van der Waals surface area contributed by atoms with E-state index in [1.165, 1.54) is 12.8 Å². The zero-order valence-corrected chi connectivity index (χ0v) is 9.04. The number of rotatable bonds is 1. The number of hydrogen-bond donors (Lipinski definition) is 1. The number of hydrogen-bond acceptors (Lipinski definition) is 2. The first-order valence-electron chi connectivity index (χ1n) is 5.37. The molecule has 14 heavy (non-hydrogen) atoms. The van der Waals surface area contributed by atoms with Crippen molar-refractivity contribution in [1.82, 2.24) is 4.90 Å². The van der Waals surface area contributed by atoms with Crippen LogP contribution in [0.15, 0.2) is 0 Å². The summed E-state index contributed by atoms with van der Waals surface area (Å²) in [4.78, 5) is 13.5. The van der Waals surface area contributed by atoms with Gasteiger partial charge >= 0.3 is 0 Å². The van der Waals surface area contributed by atoms with Crippen molar-refractivity contribution in [1.29, 1.82) is 0 Å². The molecule has 0 aromatic heterocycles. The van der Waals surface area contributed by atoms with E-state index in [0.29, 0.717) is 13.0 Å². The molecule has 0 radical (unpaired) electrons. The molecule has 3 atom stereocenters. The van der Waals surface area contributed by atoms with Crippen LogP contribution in [0.1, 0.15) is 32.1 Å². The molecule has 1 heterocycles. The molecular formula is C10H17ClN2O. The first kappa shape index (κ1) is 10.2. The summed E-state index contributed by atoms with van der Waals surface area (Å²) in [6.45, 7) is 0.693. The van der Waals surface area contributed by atoms with Crippen molar-refractivity contribution in [2.45, 2.75) is 49.6 Å². The van der Waals surface area contributed by atoms with Crippen molar-refractivity contribution in [3.05, 3.63) is 0 Å². The van der Waals surface area contributed by atoms with Crippen molar-refractivity contribution in [2.75, 3.05) is 6.54 Å². The van der Waals surface area contributed by atoms with Gasteiger partial charge < -0.3 is 10.6 Å². The van der Waals surface area contributed by atoms with Gasteiger partial charge in [0, 0.05) is 25.0 Å². The third kappa shape index (κ3) is 1.89. The summed E-state index contributed by atoms with van der Waals surface area (Å²) in [7, 11) is 0. The average Bonchev–Trinajstić information content (AvgIpc) is 2.46. The fourth-order valence-electron chi connectivity index (χ4n) is 2.53. The molecule has 0 spiro atoms. The van der Waals surface area contributed by atoms with Crippen LogP contribution in [0.3, 0.4) is 0 Å². The predicted molar refractivity (Wildman–Crippen MR) is 56.2 cm³/mol. The maximum absolute atomic E-state index is 11.6. The highest BCUT2D eigenvalue weighted by Gasteiger charge is 2.36. The topological polar surface area (TPSA) is 46.3 Å². The van der Waals surface area contributed by atoms with E-state index in [0.717, 1.165) is 12.8 Å². The van der Waals surface area contributed by atoms with Gasteiger partial charge in [0.05, 0.1) is 5.38 Å². The fraction of sp³-hybridized carbons (Fsp3) is 0.900. The minimum Gasteiger partial charge on any atom is -0.337 e. The minimum atomic E-state index is -0.00312. The number of alkyl halides is 1. The Bertz CT molecular complexity index is 234. The molecule has 3 nitrogen and oxygen atoms in total. The average molecular weight is 217 g/mol. The molecule has 1 aliphatic heterocycles. The first-order chi connectivity index (χ1) is 6.68. The summed E-state index contributed by atoms with van der Waals surface area (Å²) in [5.74, 6) is 0.187.